The Kier molecular flexibility index (Phi) is 3.50. The molecule has 0 spiro atoms. The first-order chi connectivity index (χ1) is 7.68. The van der Waals surface area contributed by atoms with Gasteiger partial charge in [0, 0.05) is 13.2 Å². The van der Waals surface area contributed by atoms with Crippen molar-refractivity contribution in [3.63, 3.8) is 0 Å². The number of nitrogens with one attached hydrogen (secondary N) is 2. The molecule has 3 atom stereocenters. The van der Waals surface area contributed by atoms with Gasteiger partial charge in [0.1, 0.15) is 0 Å². The van der Waals surface area contributed by atoms with Gasteiger partial charge in [0.15, 0.2) is 0 Å². The zero-order chi connectivity index (χ0) is 11.6. The highest BCUT2D eigenvalue weighted by atomic mass is 16.5. The fraction of sp³-hybridized carbons (Fsp3) is 0.917. The van der Waals surface area contributed by atoms with Crippen molar-refractivity contribution in [1.29, 1.82) is 0 Å². The second kappa shape index (κ2) is 4.72. The molecular weight excluding hydrogens is 204 g/mol. The Labute approximate surface area is 97.1 Å². The fourth-order valence-electron chi connectivity index (χ4n) is 2.64. The molecule has 4 heteroatoms. The van der Waals surface area contributed by atoms with Gasteiger partial charge in [-0.1, -0.05) is 6.92 Å². The summed E-state index contributed by atoms with van der Waals surface area (Å²) in [4.78, 5) is 12.3. The Morgan fingerprint density at radius 1 is 1.62 bits per heavy atom. The van der Waals surface area contributed by atoms with Crippen LogP contribution in [0.5, 0.6) is 0 Å². The molecule has 4 nitrogen and oxygen atoms in total. The Bertz CT molecular complexity index is 262. The number of carbonyl (C=O) groups is 1. The van der Waals surface area contributed by atoms with Crippen LogP contribution in [0.4, 0.5) is 0 Å². The summed E-state index contributed by atoms with van der Waals surface area (Å²) in [5.74, 6) is 0.211. The van der Waals surface area contributed by atoms with E-state index in [1.54, 1.807) is 0 Å². The molecule has 2 rings (SSSR count). The topological polar surface area (TPSA) is 50.4 Å². The Morgan fingerprint density at radius 3 is 2.94 bits per heavy atom. The van der Waals surface area contributed by atoms with Gasteiger partial charge >= 0.3 is 0 Å². The first-order valence-electron chi connectivity index (χ1n) is 6.31. The average molecular weight is 226 g/mol. The van der Waals surface area contributed by atoms with Crippen molar-refractivity contribution < 1.29 is 9.53 Å². The second-order valence-corrected chi connectivity index (χ2v) is 5.01. The molecule has 2 saturated heterocycles. The van der Waals surface area contributed by atoms with Gasteiger partial charge < -0.3 is 15.4 Å². The molecule has 0 aliphatic carbocycles. The number of carbonyl (C=O) groups excluding carboxylic acids is 1. The summed E-state index contributed by atoms with van der Waals surface area (Å²) in [6.07, 6.45) is 2.97. The maximum Gasteiger partial charge on any atom is 0.227 e. The number of hydrogen-bond donors (Lipinski definition) is 2. The Hall–Kier alpha value is -0.610. The van der Waals surface area contributed by atoms with E-state index in [2.05, 4.69) is 17.6 Å². The van der Waals surface area contributed by atoms with Crippen LogP contribution >= 0.6 is 0 Å². The molecule has 2 heterocycles. The molecule has 0 aromatic heterocycles. The maximum absolute atomic E-state index is 12.3. The lowest BCUT2D eigenvalue weighted by atomic mass is 9.83. The van der Waals surface area contributed by atoms with E-state index < -0.39 is 0 Å². The fourth-order valence-corrected chi connectivity index (χ4v) is 2.64. The van der Waals surface area contributed by atoms with Crippen molar-refractivity contribution in [3.8, 4) is 0 Å². The van der Waals surface area contributed by atoms with E-state index in [1.165, 1.54) is 0 Å². The zero-order valence-electron chi connectivity index (χ0n) is 10.2. The Morgan fingerprint density at radius 2 is 2.44 bits per heavy atom. The molecule has 0 bridgehead atoms. The van der Waals surface area contributed by atoms with Gasteiger partial charge in [0.05, 0.1) is 17.6 Å². The molecule has 3 unspecified atom stereocenters. The van der Waals surface area contributed by atoms with E-state index in [4.69, 9.17) is 4.74 Å². The van der Waals surface area contributed by atoms with Crippen LogP contribution in [0.3, 0.4) is 0 Å². The average Bonchev–Trinajstić information content (AvgIpc) is 2.89. The quantitative estimate of drug-likeness (QED) is 0.743. The smallest absolute Gasteiger partial charge is 0.227 e. The zero-order valence-corrected chi connectivity index (χ0v) is 10.2. The summed E-state index contributed by atoms with van der Waals surface area (Å²) >= 11 is 0. The second-order valence-electron chi connectivity index (χ2n) is 5.01. The van der Waals surface area contributed by atoms with Crippen molar-refractivity contribution in [2.75, 3.05) is 19.7 Å². The highest BCUT2D eigenvalue weighted by Crippen LogP contribution is 2.30. The van der Waals surface area contributed by atoms with Crippen molar-refractivity contribution in [1.82, 2.24) is 10.6 Å². The van der Waals surface area contributed by atoms with Gasteiger partial charge in [-0.15, -0.1) is 0 Å². The van der Waals surface area contributed by atoms with E-state index >= 15 is 0 Å². The predicted octanol–water partition coefficient (Wildman–Crippen LogP) is 0.670. The van der Waals surface area contributed by atoms with Crippen LogP contribution in [-0.4, -0.2) is 37.7 Å². The molecule has 92 valence electrons. The van der Waals surface area contributed by atoms with Gasteiger partial charge in [-0.25, -0.2) is 0 Å². The van der Waals surface area contributed by atoms with E-state index in [-0.39, 0.29) is 23.5 Å². The van der Waals surface area contributed by atoms with Crippen LogP contribution in [0.15, 0.2) is 0 Å². The molecule has 0 saturated carbocycles. The van der Waals surface area contributed by atoms with Crippen molar-refractivity contribution in [3.05, 3.63) is 0 Å². The van der Waals surface area contributed by atoms with Crippen molar-refractivity contribution >= 4 is 5.91 Å². The third-order valence-electron chi connectivity index (χ3n) is 4.09. The summed E-state index contributed by atoms with van der Waals surface area (Å²) in [5, 5.41) is 6.45. The summed E-state index contributed by atoms with van der Waals surface area (Å²) in [5.41, 5.74) is -0.178. The number of amides is 1. The molecule has 16 heavy (non-hydrogen) atoms. The van der Waals surface area contributed by atoms with Crippen molar-refractivity contribution in [2.24, 2.45) is 5.41 Å². The van der Waals surface area contributed by atoms with Gasteiger partial charge in [0.2, 0.25) is 5.91 Å². The summed E-state index contributed by atoms with van der Waals surface area (Å²) in [6, 6.07) is 0.205. The molecule has 1 amide bonds. The summed E-state index contributed by atoms with van der Waals surface area (Å²) in [7, 11) is 0. The monoisotopic (exact) mass is 226 g/mol. The molecule has 2 aliphatic heterocycles. The minimum Gasteiger partial charge on any atom is -0.376 e. The van der Waals surface area contributed by atoms with Crippen LogP contribution in [0.2, 0.25) is 0 Å². The largest absolute Gasteiger partial charge is 0.376 e. The predicted molar refractivity (Wildman–Crippen MR) is 62.2 cm³/mol. The number of rotatable bonds is 3. The van der Waals surface area contributed by atoms with Crippen LogP contribution < -0.4 is 10.6 Å². The Balaban J connectivity index is 1.96. The molecule has 0 aromatic carbocycles. The minimum absolute atomic E-state index is 0.159. The van der Waals surface area contributed by atoms with Gasteiger partial charge in [-0.2, -0.15) is 0 Å². The van der Waals surface area contributed by atoms with Gasteiger partial charge in [0.25, 0.3) is 0 Å². The highest BCUT2D eigenvalue weighted by molar-refractivity contribution is 5.83. The standard InChI is InChI=1S/C12H22N2O2/c1-3-12(5-6-13-8-12)11(15)14-10-4-7-16-9(10)2/h9-10,13H,3-8H2,1-2H3,(H,14,15). The molecule has 2 fully saturated rings. The lowest BCUT2D eigenvalue weighted by Crippen LogP contribution is -2.48. The van der Waals surface area contributed by atoms with Gasteiger partial charge in [-0.05, 0) is 32.7 Å². The number of hydrogen-bond acceptors (Lipinski definition) is 3. The van der Waals surface area contributed by atoms with Gasteiger partial charge in [-0.3, -0.25) is 4.79 Å². The van der Waals surface area contributed by atoms with Crippen molar-refractivity contribution in [2.45, 2.75) is 45.3 Å². The summed E-state index contributed by atoms with van der Waals surface area (Å²) < 4.78 is 5.47. The van der Waals surface area contributed by atoms with Crippen LogP contribution in [-0.2, 0) is 9.53 Å². The minimum atomic E-state index is -0.178. The lowest BCUT2D eigenvalue weighted by Gasteiger charge is -2.28. The third kappa shape index (κ3) is 2.09. The molecule has 0 radical (unpaired) electrons. The molecule has 0 aromatic rings. The lowest BCUT2D eigenvalue weighted by molar-refractivity contribution is -0.131. The normalized spacial score (nSPS) is 38.9. The number of ether oxygens (including phenoxy) is 1. The third-order valence-corrected chi connectivity index (χ3v) is 4.09. The highest BCUT2D eigenvalue weighted by Gasteiger charge is 2.41. The first kappa shape index (κ1) is 11.9. The van der Waals surface area contributed by atoms with Crippen LogP contribution in [0.25, 0.3) is 0 Å². The molecule has 2 aliphatic rings. The maximum atomic E-state index is 12.3. The van der Waals surface area contributed by atoms with Crippen LogP contribution in [0.1, 0.15) is 33.1 Å². The molecular formula is C12H22N2O2. The van der Waals surface area contributed by atoms with E-state index in [1.807, 2.05) is 6.92 Å². The molecule has 2 N–H and O–H groups in total. The van der Waals surface area contributed by atoms with Crippen LogP contribution in [0, 0.1) is 5.41 Å². The summed E-state index contributed by atoms with van der Waals surface area (Å²) in [6.45, 7) is 6.67. The first-order valence-corrected chi connectivity index (χ1v) is 6.31. The SMILES string of the molecule is CCC1(C(=O)NC2CCOC2C)CCNC1. The van der Waals surface area contributed by atoms with E-state index in [9.17, 15) is 4.79 Å². The van der Waals surface area contributed by atoms with E-state index in [0.717, 1.165) is 39.0 Å². The van der Waals surface area contributed by atoms with E-state index in [0.29, 0.717) is 0 Å².